The fourth-order valence-corrected chi connectivity index (χ4v) is 1.38. The molecule has 0 aliphatic rings. The number of carboxylic acids is 1. The molecule has 88 valence electrons. The van der Waals surface area contributed by atoms with Crippen molar-refractivity contribution in [2.75, 3.05) is 14.1 Å². The molecule has 1 unspecified atom stereocenters. The van der Waals surface area contributed by atoms with E-state index in [0.29, 0.717) is 6.54 Å². The number of carbonyl (C=O) groups excluding carboxylic acids is 1. The first-order chi connectivity index (χ1) is 7.56. The number of carbonyl (C=O) groups is 2. The van der Waals surface area contributed by atoms with Gasteiger partial charge in [-0.15, -0.1) is 0 Å². The molecule has 0 saturated heterocycles. The van der Waals surface area contributed by atoms with Gasteiger partial charge in [-0.2, -0.15) is 0 Å². The number of H-pyrrole nitrogens is 1. The zero-order valence-corrected chi connectivity index (χ0v) is 9.23. The average molecular weight is 225 g/mol. The minimum Gasteiger partial charge on any atom is -0.480 e. The summed E-state index contributed by atoms with van der Waals surface area (Å²) in [4.78, 5) is 26.7. The van der Waals surface area contributed by atoms with Crippen LogP contribution in [0.25, 0.3) is 0 Å². The second-order valence-electron chi connectivity index (χ2n) is 3.47. The van der Waals surface area contributed by atoms with Gasteiger partial charge in [-0.3, -0.25) is 10.1 Å². The predicted molar refractivity (Wildman–Crippen MR) is 57.8 cm³/mol. The van der Waals surface area contributed by atoms with Gasteiger partial charge in [0.05, 0.1) is 0 Å². The number of likely N-dealkylation sites (N-methyl/N-ethyl adjacent to an activating group) is 2. The maximum absolute atomic E-state index is 11.7. The van der Waals surface area contributed by atoms with Crippen LogP contribution in [0.5, 0.6) is 0 Å². The molecular weight excluding hydrogens is 210 g/mol. The van der Waals surface area contributed by atoms with Crippen molar-refractivity contribution >= 4 is 11.9 Å². The van der Waals surface area contributed by atoms with Crippen LogP contribution in [0.4, 0.5) is 0 Å². The highest BCUT2D eigenvalue weighted by atomic mass is 16.4. The number of aromatic nitrogens is 1. The summed E-state index contributed by atoms with van der Waals surface area (Å²) in [5.41, 5.74) is 0.927. The molecule has 1 atom stereocenters. The van der Waals surface area contributed by atoms with E-state index in [-0.39, 0.29) is 0 Å². The highest BCUT2D eigenvalue weighted by Gasteiger charge is 2.27. The van der Waals surface area contributed by atoms with Gasteiger partial charge in [0.2, 0.25) is 0 Å². The average Bonchev–Trinajstić information content (AvgIpc) is 2.70. The molecule has 1 aromatic heterocycles. The van der Waals surface area contributed by atoms with Crippen LogP contribution in [0.15, 0.2) is 18.5 Å². The summed E-state index contributed by atoms with van der Waals surface area (Å²) in [7, 11) is 3.02. The normalized spacial score (nSPS) is 12.1. The Morgan fingerprint density at radius 1 is 1.62 bits per heavy atom. The number of amides is 1. The van der Waals surface area contributed by atoms with E-state index in [2.05, 4.69) is 10.3 Å². The number of hydrogen-bond acceptors (Lipinski definition) is 3. The van der Waals surface area contributed by atoms with Crippen LogP contribution in [-0.2, 0) is 16.1 Å². The summed E-state index contributed by atoms with van der Waals surface area (Å²) in [6.45, 7) is 0.383. The van der Waals surface area contributed by atoms with Crippen molar-refractivity contribution in [3.63, 3.8) is 0 Å². The molecule has 0 bridgehead atoms. The van der Waals surface area contributed by atoms with Crippen molar-refractivity contribution in [3.05, 3.63) is 24.0 Å². The van der Waals surface area contributed by atoms with Gasteiger partial charge in [-0.05, 0) is 18.7 Å². The van der Waals surface area contributed by atoms with Crippen LogP contribution in [-0.4, -0.2) is 47.0 Å². The van der Waals surface area contributed by atoms with E-state index >= 15 is 0 Å². The molecule has 6 heteroatoms. The quantitative estimate of drug-likeness (QED) is 0.598. The van der Waals surface area contributed by atoms with E-state index in [1.54, 1.807) is 19.4 Å². The maximum Gasteiger partial charge on any atom is 0.330 e. The van der Waals surface area contributed by atoms with E-state index < -0.39 is 17.9 Å². The lowest BCUT2D eigenvalue weighted by Crippen LogP contribution is -2.48. The van der Waals surface area contributed by atoms with Crippen molar-refractivity contribution in [2.45, 2.75) is 12.6 Å². The predicted octanol–water partition coefficient (Wildman–Crippen LogP) is -0.354. The first-order valence-electron chi connectivity index (χ1n) is 4.83. The van der Waals surface area contributed by atoms with Crippen molar-refractivity contribution in [2.24, 2.45) is 0 Å². The lowest BCUT2D eigenvalue weighted by atomic mass is 10.2. The minimum absolute atomic E-state index is 0.383. The Balaban J connectivity index is 2.62. The number of nitrogens with zero attached hydrogens (tertiary/aromatic N) is 1. The third-order valence-electron chi connectivity index (χ3n) is 2.24. The molecule has 0 aromatic carbocycles. The first-order valence-corrected chi connectivity index (χ1v) is 4.83. The monoisotopic (exact) mass is 225 g/mol. The fourth-order valence-electron chi connectivity index (χ4n) is 1.38. The molecule has 3 N–H and O–H groups in total. The van der Waals surface area contributed by atoms with Crippen LogP contribution in [0.1, 0.15) is 5.56 Å². The van der Waals surface area contributed by atoms with Crippen LogP contribution in [0.3, 0.4) is 0 Å². The highest BCUT2D eigenvalue weighted by Crippen LogP contribution is 2.03. The van der Waals surface area contributed by atoms with Gasteiger partial charge in [0.1, 0.15) is 0 Å². The van der Waals surface area contributed by atoms with Gasteiger partial charge in [0.15, 0.2) is 6.04 Å². The zero-order valence-electron chi connectivity index (χ0n) is 9.23. The Kier molecular flexibility index (Phi) is 4.07. The van der Waals surface area contributed by atoms with Gasteiger partial charge in [-0.1, -0.05) is 0 Å². The molecule has 6 nitrogen and oxygen atoms in total. The standard InChI is InChI=1S/C10H15N3O3/c1-11-8(10(15)16)9(14)13(2)6-7-3-4-12-5-7/h3-5,8,11-12H,6H2,1-2H3,(H,15,16). The lowest BCUT2D eigenvalue weighted by Gasteiger charge is -2.20. The molecular formula is C10H15N3O3. The molecule has 16 heavy (non-hydrogen) atoms. The Labute approximate surface area is 93.3 Å². The van der Waals surface area contributed by atoms with E-state index in [1.165, 1.54) is 11.9 Å². The van der Waals surface area contributed by atoms with Crippen molar-refractivity contribution < 1.29 is 14.7 Å². The van der Waals surface area contributed by atoms with Crippen LogP contribution in [0, 0.1) is 0 Å². The fraction of sp³-hybridized carbons (Fsp3) is 0.400. The van der Waals surface area contributed by atoms with Crippen molar-refractivity contribution in [1.29, 1.82) is 0 Å². The number of hydrogen-bond donors (Lipinski definition) is 3. The molecule has 0 fully saturated rings. The van der Waals surface area contributed by atoms with E-state index in [9.17, 15) is 9.59 Å². The highest BCUT2D eigenvalue weighted by molar-refractivity contribution is 6.00. The van der Waals surface area contributed by atoms with E-state index in [1.807, 2.05) is 6.07 Å². The number of nitrogens with one attached hydrogen (secondary N) is 2. The SMILES string of the molecule is CNC(C(=O)O)C(=O)N(C)Cc1cc[nH]c1. The maximum atomic E-state index is 11.7. The first kappa shape index (κ1) is 12.3. The molecule has 1 amide bonds. The van der Waals surface area contributed by atoms with Gasteiger partial charge in [-0.25, -0.2) is 4.79 Å². The Morgan fingerprint density at radius 2 is 2.31 bits per heavy atom. The minimum atomic E-state index is -1.19. The van der Waals surface area contributed by atoms with Gasteiger partial charge < -0.3 is 15.0 Å². The van der Waals surface area contributed by atoms with Gasteiger partial charge in [0, 0.05) is 26.0 Å². The Bertz CT molecular complexity index is 361. The van der Waals surface area contributed by atoms with Crippen LogP contribution < -0.4 is 5.32 Å². The topological polar surface area (TPSA) is 85.4 Å². The molecule has 0 spiro atoms. The lowest BCUT2D eigenvalue weighted by molar-refractivity contribution is -0.147. The summed E-state index contributed by atoms with van der Waals surface area (Å²) in [6, 6.07) is 0.641. The number of aliphatic carboxylic acids is 1. The van der Waals surface area contributed by atoms with Crippen LogP contribution >= 0.6 is 0 Å². The summed E-state index contributed by atoms with van der Waals surface area (Å²) >= 11 is 0. The third kappa shape index (κ3) is 2.83. The molecule has 0 aliphatic heterocycles. The van der Waals surface area contributed by atoms with E-state index in [4.69, 9.17) is 5.11 Å². The smallest absolute Gasteiger partial charge is 0.330 e. The van der Waals surface area contributed by atoms with Gasteiger partial charge >= 0.3 is 5.97 Å². The Morgan fingerprint density at radius 3 is 2.75 bits per heavy atom. The summed E-state index contributed by atoms with van der Waals surface area (Å²) in [5, 5.41) is 11.3. The molecule has 1 aromatic rings. The number of rotatable bonds is 5. The third-order valence-corrected chi connectivity index (χ3v) is 2.24. The molecule has 0 aliphatic carbocycles. The van der Waals surface area contributed by atoms with Crippen molar-refractivity contribution in [3.8, 4) is 0 Å². The molecule has 0 radical (unpaired) electrons. The van der Waals surface area contributed by atoms with Crippen molar-refractivity contribution in [1.82, 2.24) is 15.2 Å². The van der Waals surface area contributed by atoms with Crippen LogP contribution in [0.2, 0.25) is 0 Å². The molecule has 0 saturated carbocycles. The largest absolute Gasteiger partial charge is 0.480 e. The second kappa shape index (κ2) is 5.32. The van der Waals surface area contributed by atoms with E-state index in [0.717, 1.165) is 5.56 Å². The summed E-state index contributed by atoms with van der Waals surface area (Å²) in [5.74, 6) is -1.63. The molecule has 1 rings (SSSR count). The Hall–Kier alpha value is -1.82. The molecule has 1 heterocycles. The zero-order chi connectivity index (χ0) is 12.1. The summed E-state index contributed by atoms with van der Waals surface area (Å²) in [6.07, 6.45) is 3.51. The van der Waals surface area contributed by atoms with Gasteiger partial charge in [0.25, 0.3) is 5.91 Å². The summed E-state index contributed by atoms with van der Waals surface area (Å²) < 4.78 is 0. The second-order valence-corrected chi connectivity index (χ2v) is 3.47. The number of carboxylic acid groups (broad SMARTS) is 1. The number of aromatic amines is 1.